The highest BCUT2D eigenvalue weighted by Crippen LogP contribution is 2.18. The zero-order valence-electron chi connectivity index (χ0n) is 14.2. The molecule has 1 amide bonds. The van der Waals surface area contributed by atoms with Gasteiger partial charge in [-0.2, -0.15) is 0 Å². The molecule has 26 heavy (non-hydrogen) atoms. The van der Waals surface area contributed by atoms with Crippen molar-refractivity contribution in [1.29, 1.82) is 0 Å². The van der Waals surface area contributed by atoms with Gasteiger partial charge in [0.15, 0.2) is 5.82 Å². The normalized spacial score (nSPS) is 10.9. The third kappa shape index (κ3) is 3.35. The van der Waals surface area contributed by atoms with E-state index in [0.717, 1.165) is 28.0 Å². The van der Waals surface area contributed by atoms with Gasteiger partial charge in [-0.25, -0.2) is 4.98 Å². The Hall–Kier alpha value is -3.41. The number of para-hydroxylation sites is 1. The summed E-state index contributed by atoms with van der Waals surface area (Å²) < 4.78 is 1.99. The van der Waals surface area contributed by atoms with Crippen molar-refractivity contribution in [1.82, 2.24) is 24.8 Å². The molecule has 1 aromatic carbocycles. The summed E-state index contributed by atoms with van der Waals surface area (Å²) in [6.07, 6.45) is 7.66. The molecule has 0 bridgehead atoms. The predicted octanol–water partition coefficient (Wildman–Crippen LogP) is 2.79. The molecule has 6 nitrogen and oxygen atoms in total. The van der Waals surface area contributed by atoms with Crippen LogP contribution in [0.25, 0.3) is 22.4 Å². The van der Waals surface area contributed by atoms with Crippen LogP contribution in [-0.4, -0.2) is 32.0 Å². The number of hydrogen-bond acceptors (Lipinski definition) is 3. The lowest BCUT2D eigenvalue weighted by molar-refractivity contribution is -0.120. The lowest BCUT2D eigenvalue weighted by Gasteiger charge is -2.09. The minimum atomic E-state index is 0.00857. The topological polar surface area (TPSA) is 75.6 Å². The first-order valence-electron chi connectivity index (χ1n) is 8.55. The number of rotatable bonds is 6. The largest absolute Gasteiger partial charge is 0.361 e. The molecule has 0 spiro atoms. The highest BCUT2D eigenvalue weighted by Gasteiger charge is 2.09. The third-order valence-corrected chi connectivity index (χ3v) is 4.31. The van der Waals surface area contributed by atoms with Crippen molar-refractivity contribution in [2.24, 2.45) is 0 Å². The van der Waals surface area contributed by atoms with Crippen molar-refractivity contribution < 1.29 is 4.79 Å². The van der Waals surface area contributed by atoms with Crippen molar-refractivity contribution in [3.8, 4) is 11.5 Å². The molecule has 3 aromatic heterocycles. The molecule has 0 radical (unpaired) electrons. The van der Waals surface area contributed by atoms with Gasteiger partial charge in [-0.1, -0.05) is 24.3 Å². The number of nitrogens with zero attached hydrogens (tertiary/aromatic N) is 3. The van der Waals surface area contributed by atoms with Gasteiger partial charge in [-0.15, -0.1) is 0 Å². The molecule has 130 valence electrons. The molecule has 3 heterocycles. The van der Waals surface area contributed by atoms with E-state index in [9.17, 15) is 4.79 Å². The van der Waals surface area contributed by atoms with Gasteiger partial charge in [0.2, 0.25) is 5.91 Å². The Kier molecular flexibility index (Phi) is 4.47. The number of carbonyl (C=O) groups excluding carboxylic acids is 1. The molecule has 0 saturated heterocycles. The van der Waals surface area contributed by atoms with Gasteiger partial charge in [0.1, 0.15) is 5.69 Å². The zero-order valence-corrected chi connectivity index (χ0v) is 14.2. The van der Waals surface area contributed by atoms with E-state index in [0.29, 0.717) is 19.5 Å². The molecule has 0 atom stereocenters. The Balaban J connectivity index is 1.35. The maximum absolute atomic E-state index is 12.3. The van der Waals surface area contributed by atoms with E-state index in [-0.39, 0.29) is 5.91 Å². The predicted molar refractivity (Wildman–Crippen MR) is 100 cm³/mol. The summed E-state index contributed by atoms with van der Waals surface area (Å²) in [4.78, 5) is 24.2. The highest BCUT2D eigenvalue weighted by molar-refractivity contribution is 5.88. The van der Waals surface area contributed by atoms with Gasteiger partial charge < -0.3 is 14.9 Å². The van der Waals surface area contributed by atoms with Crippen LogP contribution in [0.1, 0.15) is 5.56 Å². The summed E-state index contributed by atoms with van der Waals surface area (Å²) >= 11 is 0. The standard InChI is InChI=1S/C20H19N5O/c26-19(13-15-14-24-17-6-2-1-5-16(15)17)22-9-11-25-12-10-23-20(25)18-7-3-4-8-21-18/h1-8,10,12,14,24H,9,11,13H2,(H,22,26). The van der Waals surface area contributed by atoms with E-state index >= 15 is 0 Å². The number of fused-ring (bicyclic) bond motifs is 1. The van der Waals surface area contributed by atoms with Crippen LogP contribution >= 0.6 is 0 Å². The van der Waals surface area contributed by atoms with E-state index in [1.807, 2.05) is 59.4 Å². The second-order valence-electron chi connectivity index (χ2n) is 6.05. The van der Waals surface area contributed by atoms with E-state index < -0.39 is 0 Å². The summed E-state index contributed by atoms with van der Waals surface area (Å²) in [5, 5.41) is 4.07. The summed E-state index contributed by atoms with van der Waals surface area (Å²) in [7, 11) is 0. The number of H-pyrrole nitrogens is 1. The lowest BCUT2D eigenvalue weighted by atomic mass is 10.1. The first-order valence-corrected chi connectivity index (χ1v) is 8.55. The van der Waals surface area contributed by atoms with Gasteiger partial charge in [-0.05, 0) is 23.8 Å². The smallest absolute Gasteiger partial charge is 0.224 e. The molecule has 0 aliphatic heterocycles. The Morgan fingerprint density at radius 2 is 1.96 bits per heavy atom. The van der Waals surface area contributed by atoms with E-state index in [2.05, 4.69) is 20.3 Å². The monoisotopic (exact) mass is 345 g/mol. The van der Waals surface area contributed by atoms with Crippen LogP contribution in [0.5, 0.6) is 0 Å². The molecule has 0 unspecified atom stereocenters. The van der Waals surface area contributed by atoms with Crippen molar-refractivity contribution in [3.63, 3.8) is 0 Å². The molecule has 4 rings (SSSR count). The average Bonchev–Trinajstić information content (AvgIpc) is 3.30. The van der Waals surface area contributed by atoms with Crippen LogP contribution < -0.4 is 5.32 Å². The van der Waals surface area contributed by atoms with Crippen LogP contribution in [0.3, 0.4) is 0 Å². The summed E-state index contributed by atoms with van der Waals surface area (Å²) in [6.45, 7) is 1.18. The van der Waals surface area contributed by atoms with Crippen molar-refractivity contribution >= 4 is 16.8 Å². The fourth-order valence-electron chi connectivity index (χ4n) is 3.05. The first kappa shape index (κ1) is 16.1. The van der Waals surface area contributed by atoms with Crippen LogP contribution in [0.4, 0.5) is 0 Å². The molecule has 2 N–H and O–H groups in total. The van der Waals surface area contributed by atoms with E-state index in [1.165, 1.54) is 0 Å². The van der Waals surface area contributed by atoms with Crippen LogP contribution in [0.2, 0.25) is 0 Å². The second kappa shape index (κ2) is 7.23. The maximum Gasteiger partial charge on any atom is 0.224 e. The first-order chi connectivity index (χ1) is 12.8. The van der Waals surface area contributed by atoms with Gasteiger partial charge in [-0.3, -0.25) is 9.78 Å². The number of pyridine rings is 1. The lowest BCUT2D eigenvalue weighted by Crippen LogP contribution is -2.28. The number of aromatic amines is 1. The minimum absolute atomic E-state index is 0.00857. The van der Waals surface area contributed by atoms with Crippen LogP contribution in [0, 0.1) is 0 Å². The number of nitrogens with one attached hydrogen (secondary N) is 2. The maximum atomic E-state index is 12.3. The summed E-state index contributed by atoms with van der Waals surface area (Å²) in [5.41, 5.74) is 2.88. The minimum Gasteiger partial charge on any atom is -0.361 e. The number of hydrogen-bond donors (Lipinski definition) is 2. The van der Waals surface area contributed by atoms with Crippen LogP contribution in [-0.2, 0) is 17.8 Å². The fraction of sp³-hybridized carbons (Fsp3) is 0.150. The Morgan fingerprint density at radius 3 is 2.85 bits per heavy atom. The molecule has 4 aromatic rings. The molecular formula is C20H19N5O. The van der Waals surface area contributed by atoms with Gasteiger partial charge in [0, 0.05) is 48.8 Å². The molecule has 0 aliphatic rings. The second-order valence-corrected chi connectivity index (χ2v) is 6.05. The van der Waals surface area contributed by atoms with Gasteiger partial charge >= 0.3 is 0 Å². The fourth-order valence-corrected chi connectivity index (χ4v) is 3.05. The van der Waals surface area contributed by atoms with Gasteiger partial charge in [0.05, 0.1) is 6.42 Å². The zero-order chi connectivity index (χ0) is 17.8. The highest BCUT2D eigenvalue weighted by atomic mass is 16.1. The molecule has 0 aliphatic carbocycles. The van der Waals surface area contributed by atoms with Gasteiger partial charge in [0.25, 0.3) is 0 Å². The number of imidazole rings is 1. The number of amides is 1. The number of carbonyl (C=O) groups is 1. The molecule has 0 fully saturated rings. The molecule has 6 heteroatoms. The van der Waals surface area contributed by atoms with Crippen molar-refractivity contribution in [2.45, 2.75) is 13.0 Å². The molecular weight excluding hydrogens is 326 g/mol. The van der Waals surface area contributed by atoms with E-state index in [1.54, 1.807) is 12.4 Å². The third-order valence-electron chi connectivity index (χ3n) is 4.31. The quantitative estimate of drug-likeness (QED) is 0.564. The Labute approximate surface area is 150 Å². The van der Waals surface area contributed by atoms with Crippen molar-refractivity contribution in [3.05, 3.63) is 72.8 Å². The summed E-state index contributed by atoms with van der Waals surface area (Å²) in [5.74, 6) is 0.811. The molecule has 0 saturated carbocycles. The Bertz CT molecular complexity index is 1020. The van der Waals surface area contributed by atoms with Crippen LogP contribution in [0.15, 0.2) is 67.3 Å². The average molecular weight is 345 g/mol. The van der Waals surface area contributed by atoms with Crippen molar-refractivity contribution in [2.75, 3.05) is 6.54 Å². The Morgan fingerprint density at radius 1 is 1.08 bits per heavy atom. The number of benzene rings is 1. The number of aromatic nitrogens is 4. The SMILES string of the molecule is O=C(Cc1c[nH]c2ccccc12)NCCn1ccnc1-c1ccccn1. The van der Waals surface area contributed by atoms with E-state index in [4.69, 9.17) is 0 Å². The summed E-state index contributed by atoms with van der Waals surface area (Å²) in [6, 6.07) is 13.7.